The maximum atomic E-state index is 11.6. The van der Waals surface area contributed by atoms with Crippen molar-refractivity contribution in [2.45, 2.75) is 45.6 Å². The molecule has 0 amide bonds. The zero-order valence-corrected chi connectivity index (χ0v) is 12.4. The fourth-order valence-electron chi connectivity index (χ4n) is 3.60. The molecule has 0 bridgehead atoms. The first kappa shape index (κ1) is 13.6. The lowest BCUT2D eigenvalue weighted by Gasteiger charge is -2.49. The van der Waals surface area contributed by atoms with Crippen LogP contribution in [0, 0.1) is 12.3 Å². The molecule has 0 radical (unpaired) electrons. The van der Waals surface area contributed by atoms with E-state index in [1.165, 1.54) is 12.8 Å². The Morgan fingerprint density at radius 3 is 2.65 bits per heavy atom. The molecule has 3 rings (SSSR count). The Kier molecular flexibility index (Phi) is 3.55. The zero-order valence-electron chi connectivity index (χ0n) is 12.4. The lowest BCUT2D eigenvalue weighted by atomic mass is 9.62. The van der Waals surface area contributed by atoms with Gasteiger partial charge in [0.05, 0.1) is 6.10 Å². The minimum Gasteiger partial charge on any atom is -0.490 e. The molecule has 2 aliphatic rings. The van der Waals surface area contributed by atoms with Gasteiger partial charge in [-0.1, -0.05) is 6.07 Å². The highest BCUT2D eigenvalue weighted by molar-refractivity contribution is 5.95. The molecule has 1 saturated heterocycles. The number of piperidine rings is 1. The Morgan fingerprint density at radius 2 is 2.00 bits per heavy atom. The summed E-state index contributed by atoms with van der Waals surface area (Å²) in [6.07, 6.45) is 5.21. The molecule has 0 unspecified atom stereocenters. The third-order valence-corrected chi connectivity index (χ3v) is 4.88. The summed E-state index contributed by atoms with van der Waals surface area (Å²) >= 11 is 0. The van der Waals surface area contributed by atoms with E-state index in [1.54, 1.807) is 6.92 Å². The number of nitrogens with one attached hydrogen (secondary N) is 1. The van der Waals surface area contributed by atoms with Gasteiger partial charge in [0.2, 0.25) is 0 Å². The van der Waals surface area contributed by atoms with Gasteiger partial charge in [-0.2, -0.15) is 0 Å². The lowest BCUT2D eigenvalue weighted by molar-refractivity contribution is -0.0347. The highest BCUT2D eigenvalue weighted by Crippen LogP contribution is 2.49. The van der Waals surface area contributed by atoms with Crippen LogP contribution in [0.1, 0.15) is 48.5 Å². The van der Waals surface area contributed by atoms with E-state index in [0.29, 0.717) is 11.5 Å². The molecule has 1 spiro atoms. The number of ether oxygens (including phenoxy) is 1. The molecule has 1 N–H and O–H groups in total. The predicted octanol–water partition coefficient (Wildman–Crippen LogP) is 3.11. The largest absolute Gasteiger partial charge is 0.490 e. The van der Waals surface area contributed by atoms with Crippen LogP contribution in [0.2, 0.25) is 0 Å². The monoisotopic (exact) mass is 273 g/mol. The third-order valence-electron chi connectivity index (χ3n) is 4.88. The van der Waals surface area contributed by atoms with Crippen LogP contribution in [0.4, 0.5) is 0 Å². The Hall–Kier alpha value is -1.35. The standard InChI is InChI=1S/C17H23NO2/c1-12-3-4-14(9-16(12)13(2)19)20-15-10-17(11-15)5-7-18-8-6-17/h3-4,9,15,18H,5-8,10-11H2,1-2H3. The second-order valence-electron chi connectivity index (χ2n) is 6.43. The number of ketones is 1. The molecular weight excluding hydrogens is 250 g/mol. The summed E-state index contributed by atoms with van der Waals surface area (Å²) in [6.45, 7) is 5.87. The quantitative estimate of drug-likeness (QED) is 0.860. The number of benzene rings is 1. The molecule has 1 aromatic rings. The van der Waals surface area contributed by atoms with Crippen molar-refractivity contribution >= 4 is 5.78 Å². The highest BCUT2D eigenvalue weighted by atomic mass is 16.5. The number of rotatable bonds is 3. The van der Waals surface area contributed by atoms with Crippen molar-refractivity contribution in [2.75, 3.05) is 13.1 Å². The van der Waals surface area contributed by atoms with Crippen LogP contribution in [-0.4, -0.2) is 25.0 Å². The number of hydrogen-bond donors (Lipinski definition) is 1. The highest BCUT2D eigenvalue weighted by Gasteiger charge is 2.45. The van der Waals surface area contributed by atoms with Gasteiger partial charge in [-0.05, 0) is 75.7 Å². The molecule has 1 aromatic carbocycles. The van der Waals surface area contributed by atoms with Gasteiger partial charge >= 0.3 is 0 Å². The van der Waals surface area contributed by atoms with Crippen molar-refractivity contribution in [1.29, 1.82) is 0 Å². The summed E-state index contributed by atoms with van der Waals surface area (Å²) in [5, 5.41) is 3.42. The molecule has 0 atom stereocenters. The number of Topliss-reactive ketones (excluding diaryl/α,β-unsaturated/α-hetero) is 1. The van der Waals surface area contributed by atoms with Gasteiger partial charge in [0.25, 0.3) is 0 Å². The van der Waals surface area contributed by atoms with E-state index in [4.69, 9.17) is 4.74 Å². The van der Waals surface area contributed by atoms with Crippen LogP contribution in [0.25, 0.3) is 0 Å². The van der Waals surface area contributed by atoms with Gasteiger partial charge in [0.1, 0.15) is 5.75 Å². The fourth-order valence-corrected chi connectivity index (χ4v) is 3.60. The average molecular weight is 273 g/mol. The Balaban J connectivity index is 1.62. The Morgan fingerprint density at radius 1 is 1.30 bits per heavy atom. The van der Waals surface area contributed by atoms with Crippen molar-refractivity contribution in [3.63, 3.8) is 0 Å². The van der Waals surface area contributed by atoms with E-state index >= 15 is 0 Å². The number of carbonyl (C=O) groups excluding carboxylic acids is 1. The smallest absolute Gasteiger partial charge is 0.160 e. The molecule has 108 valence electrons. The van der Waals surface area contributed by atoms with Crippen molar-refractivity contribution in [3.05, 3.63) is 29.3 Å². The molecule has 20 heavy (non-hydrogen) atoms. The first-order valence-corrected chi connectivity index (χ1v) is 7.57. The summed E-state index contributed by atoms with van der Waals surface area (Å²) in [5.74, 6) is 0.950. The molecule has 1 aliphatic carbocycles. The summed E-state index contributed by atoms with van der Waals surface area (Å²) in [7, 11) is 0. The van der Waals surface area contributed by atoms with Crippen LogP contribution in [0.3, 0.4) is 0 Å². The van der Waals surface area contributed by atoms with Gasteiger partial charge < -0.3 is 10.1 Å². The summed E-state index contributed by atoms with van der Waals surface area (Å²) < 4.78 is 6.05. The minimum atomic E-state index is 0.108. The van der Waals surface area contributed by atoms with Crippen molar-refractivity contribution in [2.24, 2.45) is 5.41 Å². The van der Waals surface area contributed by atoms with Crippen molar-refractivity contribution in [3.8, 4) is 5.75 Å². The second-order valence-corrected chi connectivity index (χ2v) is 6.43. The van der Waals surface area contributed by atoms with E-state index in [0.717, 1.165) is 42.8 Å². The van der Waals surface area contributed by atoms with Crippen molar-refractivity contribution < 1.29 is 9.53 Å². The third kappa shape index (κ3) is 2.59. The lowest BCUT2D eigenvalue weighted by Crippen LogP contribution is -2.49. The number of hydrogen-bond acceptors (Lipinski definition) is 3. The molecule has 1 saturated carbocycles. The maximum Gasteiger partial charge on any atom is 0.160 e. The second kappa shape index (κ2) is 5.21. The number of aryl methyl sites for hydroxylation is 1. The van der Waals surface area contributed by atoms with Gasteiger partial charge in [-0.25, -0.2) is 0 Å². The zero-order chi connectivity index (χ0) is 14.2. The first-order chi connectivity index (χ1) is 9.58. The van der Waals surface area contributed by atoms with Crippen LogP contribution >= 0.6 is 0 Å². The van der Waals surface area contributed by atoms with Crippen LogP contribution in [0.15, 0.2) is 18.2 Å². The molecule has 0 aromatic heterocycles. The van der Waals surface area contributed by atoms with E-state index in [2.05, 4.69) is 5.32 Å². The normalized spacial score (nSPS) is 21.5. The van der Waals surface area contributed by atoms with E-state index in [9.17, 15) is 4.79 Å². The van der Waals surface area contributed by atoms with Crippen LogP contribution < -0.4 is 10.1 Å². The van der Waals surface area contributed by atoms with Gasteiger partial charge in [0, 0.05) is 5.56 Å². The van der Waals surface area contributed by atoms with Crippen LogP contribution in [-0.2, 0) is 0 Å². The Bertz CT molecular complexity index is 510. The summed E-state index contributed by atoms with van der Waals surface area (Å²) in [4.78, 5) is 11.6. The van der Waals surface area contributed by atoms with Crippen LogP contribution in [0.5, 0.6) is 5.75 Å². The molecule has 3 nitrogen and oxygen atoms in total. The van der Waals surface area contributed by atoms with Crippen molar-refractivity contribution in [1.82, 2.24) is 5.32 Å². The molecule has 1 aliphatic heterocycles. The maximum absolute atomic E-state index is 11.6. The Labute approximate surface area is 120 Å². The van der Waals surface area contributed by atoms with E-state index in [1.807, 2.05) is 25.1 Å². The SMILES string of the molecule is CC(=O)c1cc(OC2CC3(CCNCC3)C2)ccc1C. The summed E-state index contributed by atoms with van der Waals surface area (Å²) in [5.41, 5.74) is 2.33. The molecule has 2 fully saturated rings. The topological polar surface area (TPSA) is 38.3 Å². The average Bonchev–Trinajstić information content (AvgIpc) is 2.40. The fraction of sp³-hybridized carbons (Fsp3) is 0.588. The molecule has 1 heterocycles. The molecule has 3 heteroatoms. The van der Waals surface area contributed by atoms with E-state index in [-0.39, 0.29) is 5.78 Å². The van der Waals surface area contributed by atoms with E-state index < -0.39 is 0 Å². The van der Waals surface area contributed by atoms with Gasteiger partial charge in [-0.15, -0.1) is 0 Å². The first-order valence-electron chi connectivity index (χ1n) is 7.57. The predicted molar refractivity (Wildman–Crippen MR) is 79.4 cm³/mol. The van der Waals surface area contributed by atoms with Gasteiger partial charge in [0.15, 0.2) is 5.78 Å². The molecular formula is C17H23NO2. The minimum absolute atomic E-state index is 0.108. The number of carbonyl (C=O) groups is 1. The summed E-state index contributed by atoms with van der Waals surface area (Å²) in [6, 6.07) is 5.85. The van der Waals surface area contributed by atoms with Gasteiger partial charge in [-0.3, -0.25) is 4.79 Å².